The summed E-state index contributed by atoms with van der Waals surface area (Å²) < 4.78 is 43.2. The minimum Gasteiger partial charge on any atom is -0.507 e. The fourth-order valence-electron chi connectivity index (χ4n) is 3.14. The van der Waals surface area contributed by atoms with Gasteiger partial charge >= 0.3 is 5.97 Å². The topological polar surface area (TPSA) is 144 Å². The lowest BCUT2D eigenvalue weighted by molar-refractivity contribution is -0.141. The number of benzene rings is 1. The van der Waals surface area contributed by atoms with Crippen molar-refractivity contribution in [1.82, 2.24) is 0 Å². The summed E-state index contributed by atoms with van der Waals surface area (Å²) in [5, 5.41) is 20.2. The molecule has 2 rings (SSSR count). The number of carbonyl (C=O) groups is 1. The highest BCUT2D eigenvalue weighted by Gasteiger charge is 2.39. The smallest absolute Gasteiger partial charge is 0.332 e. The van der Waals surface area contributed by atoms with Crippen LogP contribution in [0.5, 0.6) is 11.5 Å². The van der Waals surface area contributed by atoms with Crippen molar-refractivity contribution in [3.8, 4) is 11.5 Å². The van der Waals surface area contributed by atoms with Crippen molar-refractivity contribution in [2.75, 3.05) is 105 Å². The van der Waals surface area contributed by atoms with Crippen molar-refractivity contribution in [3.05, 3.63) is 23.8 Å². The zero-order valence-electron chi connectivity index (χ0n) is 22.8. The molecule has 0 fully saturated rings. The molecule has 1 atom stereocenters. The van der Waals surface area contributed by atoms with E-state index in [1.165, 1.54) is 17.8 Å². The van der Waals surface area contributed by atoms with Gasteiger partial charge in [-0.1, -0.05) is 6.07 Å². The van der Waals surface area contributed by atoms with Crippen LogP contribution in [0.2, 0.25) is 0 Å². The number of aliphatic imine (C=N–C) groups is 1. The maximum Gasteiger partial charge on any atom is 0.332 e. The molecule has 2 N–H and O–H groups in total. The van der Waals surface area contributed by atoms with Gasteiger partial charge in [0.2, 0.25) is 0 Å². The number of methoxy groups -OCH3 is 1. The first-order chi connectivity index (χ1) is 19.0. The highest BCUT2D eigenvalue weighted by molar-refractivity contribution is 8.14. The second-order valence-corrected chi connectivity index (χ2v) is 9.41. The fraction of sp³-hybridized carbons (Fsp3) is 0.692. The summed E-state index contributed by atoms with van der Waals surface area (Å²) in [6.45, 7) is 8.06. The summed E-state index contributed by atoms with van der Waals surface area (Å²) in [5.74, 6) is -0.308. The van der Waals surface area contributed by atoms with Crippen molar-refractivity contribution < 1.29 is 52.9 Å². The number of nitrogens with zero attached hydrogens (tertiary/aromatic N) is 1. The molecule has 222 valence electrons. The van der Waals surface area contributed by atoms with E-state index in [0.29, 0.717) is 102 Å². The number of aromatic hydroxyl groups is 1. The van der Waals surface area contributed by atoms with E-state index in [9.17, 15) is 15.0 Å². The van der Waals surface area contributed by atoms with Crippen molar-refractivity contribution in [3.63, 3.8) is 0 Å². The molecular formula is C26H41NO11S. The van der Waals surface area contributed by atoms with Crippen LogP contribution in [0.15, 0.2) is 23.2 Å². The molecule has 1 aromatic rings. The molecule has 13 heteroatoms. The van der Waals surface area contributed by atoms with Gasteiger partial charge in [0.25, 0.3) is 0 Å². The van der Waals surface area contributed by atoms with Gasteiger partial charge in [0.15, 0.2) is 5.54 Å². The first-order valence-corrected chi connectivity index (χ1v) is 13.8. The standard InChI is InChI=1S/C26H41NO11S/c1-26(25(29)30)20-39-24(27-26)23-21(28)4-3-5-22(23)38-19-18-37-17-16-36-15-14-35-13-12-34-11-10-33-9-8-32-7-6-31-2/h3-5,28H,6-20H2,1-2H3,(H,29,30). The third-order valence-electron chi connectivity index (χ3n) is 5.29. The lowest BCUT2D eigenvalue weighted by atomic mass is 10.1. The molecule has 1 heterocycles. The van der Waals surface area contributed by atoms with E-state index < -0.39 is 11.5 Å². The fourth-order valence-corrected chi connectivity index (χ4v) is 4.37. The minimum absolute atomic E-state index is 0.0129. The molecule has 0 radical (unpaired) electrons. The summed E-state index contributed by atoms with van der Waals surface area (Å²) in [7, 11) is 1.63. The molecule has 1 aromatic carbocycles. The van der Waals surface area contributed by atoms with Crippen LogP contribution in [-0.2, 0) is 38.0 Å². The van der Waals surface area contributed by atoms with Gasteiger partial charge in [0.05, 0.1) is 91.5 Å². The number of hydrogen-bond donors (Lipinski definition) is 2. The monoisotopic (exact) mass is 575 g/mol. The average molecular weight is 576 g/mol. The summed E-state index contributed by atoms with van der Waals surface area (Å²) in [5.41, 5.74) is -0.828. The Labute approximate surface area is 233 Å². The van der Waals surface area contributed by atoms with Gasteiger partial charge in [-0.25, -0.2) is 4.79 Å². The van der Waals surface area contributed by atoms with Crippen molar-refractivity contribution >= 4 is 22.8 Å². The van der Waals surface area contributed by atoms with Gasteiger partial charge < -0.3 is 48.1 Å². The number of ether oxygens (including phenoxy) is 8. The van der Waals surface area contributed by atoms with Gasteiger partial charge in [0.1, 0.15) is 23.1 Å². The van der Waals surface area contributed by atoms with E-state index in [4.69, 9.17) is 37.9 Å². The number of phenols is 1. The molecule has 39 heavy (non-hydrogen) atoms. The predicted octanol–water partition coefficient (Wildman–Crippen LogP) is 1.85. The molecule has 0 amide bonds. The molecule has 0 spiro atoms. The Morgan fingerprint density at radius 2 is 1.28 bits per heavy atom. The van der Waals surface area contributed by atoms with Crippen molar-refractivity contribution in [1.29, 1.82) is 0 Å². The largest absolute Gasteiger partial charge is 0.507 e. The number of hydrogen-bond acceptors (Lipinski definition) is 12. The quantitative estimate of drug-likeness (QED) is 0.174. The highest BCUT2D eigenvalue weighted by atomic mass is 32.2. The zero-order chi connectivity index (χ0) is 28.2. The summed E-state index contributed by atoms with van der Waals surface area (Å²) >= 11 is 1.28. The molecule has 0 aliphatic carbocycles. The van der Waals surface area contributed by atoms with E-state index in [2.05, 4.69) is 4.99 Å². The molecule has 0 saturated heterocycles. The number of thioether (sulfide) groups is 1. The van der Waals surface area contributed by atoms with E-state index in [-0.39, 0.29) is 18.1 Å². The Hall–Kier alpha value is -1.97. The van der Waals surface area contributed by atoms with Crippen LogP contribution in [0.3, 0.4) is 0 Å². The van der Waals surface area contributed by atoms with Gasteiger partial charge in [-0.3, -0.25) is 4.99 Å². The Kier molecular flexibility index (Phi) is 17.0. The number of carboxylic acid groups (broad SMARTS) is 1. The maximum absolute atomic E-state index is 11.5. The van der Waals surface area contributed by atoms with E-state index in [0.717, 1.165) is 0 Å². The van der Waals surface area contributed by atoms with E-state index in [1.54, 1.807) is 26.2 Å². The summed E-state index contributed by atoms with van der Waals surface area (Å²) in [6, 6.07) is 4.89. The lowest BCUT2D eigenvalue weighted by Crippen LogP contribution is -2.33. The van der Waals surface area contributed by atoms with Gasteiger partial charge in [-0.2, -0.15) is 0 Å². The lowest BCUT2D eigenvalue weighted by Gasteiger charge is -2.13. The molecule has 0 bridgehead atoms. The van der Waals surface area contributed by atoms with Crippen molar-refractivity contribution in [2.24, 2.45) is 4.99 Å². The van der Waals surface area contributed by atoms with Crippen LogP contribution >= 0.6 is 11.8 Å². The minimum atomic E-state index is -1.22. The number of carboxylic acids is 1. The molecule has 1 unspecified atom stereocenters. The number of rotatable bonds is 24. The van der Waals surface area contributed by atoms with Crippen LogP contribution in [0.4, 0.5) is 0 Å². The second-order valence-electron chi connectivity index (χ2n) is 8.45. The Bertz CT molecular complexity index is 857. The van der Waals surface area contributed by atoms with Gasteiger partial charge in [0, 0.05) is 12.9 Å². The molecular weight excluding hydrogens is 534 g/mol. The SMILES string of the molecule is COCCOCCOCCOCCOCCOCCOCCOc1cccc(O)c1C1=NC(C)(C(=O)O)CS1. The Morgan fingerprint density at radius 1 is 0.821 bits per heavy atom. The number of aliphatic carboxylic acids is 1. The average Bonchev–Trinajstić information content (AvgIpc) is 3.32. The van der Waals surface area contributed by atoms with Crippen LogP contribution in [0.25, 0.3) is 0 Å². The molecule has 1 aliphatic heterocycles. The summed E-state index contributed by atoms with van der Waals surface area (Å²) in [6.07, 6.45) is 0. The highest BCUT2D eigenvalue weighted by Crippen LogP contribution is 2.38. The van der Waals surface area contributed by atoms with Crippen LogP contribution in [0.1, 0.15) is 12.5 Å². The van der Waals surface area contributed by atoms with Crippen LogP contribution < -0.4 is 4.74 Å². The third-order valence-corrected chi connectivity index (χ3v) is 6.57. The first-order valence-electron chi connectivity index (χ1n) is 12.8. The van der Waals surface area contributed by atoms with Crippen LogP contribution in [0, 0.1) is 0 Å². The predicted molar refractivity (Wildman–Crippen MR) is 145 cm³/mol. The van der Waals surface area contributed by atoms with Gasteiger partial charge in [-0.15, -0.1) is 11.8 Å². The van der Waals surface area contributed by atoms with Gasteiger partial charge in [-0.05, 0) is 19.1 Å². The Morgan fingerprint density at radius 3 is 1.72 bits per heavy atom. The summed E-state index contributed by atoms with van der Waals surface area (Å²) in [4.78, 5) is 15.8. The second kappa shape index (κ2) is 20.0. The number of phenolic OH excluding ortho intramolecular Hbond substituents is 1. The zero-order valence-corrected chi connectivity index (χ0v) is 23.6. The van der Waals surface area contributed by atoms with E-state index >= 15 is 0 Å². The normalized spacial score (nSPS) is 16.9. The van der Waals surface area contributed by atoms with Crippen molar-refractivity contribution in [2.45, 2.75) is 12.5 Å². The molecule has 1 aliphatic rings. The van der Waals surface area contributed by atoms with E-state index in [1.807, 2.05) is 0 Å². The Balaban J connectivity index is 1.43. The third kappa shape index (κ3) is 13.3. The molecule has 0 saturated carbocycles. The van der Waals surface area contributed by atoms with Crippen LogP contribution in [-0.4, -0.2) is 132 Å². The molecule has 0 aromatic heterocycles. The first kappa shape index (κ1) is 33.2. The molecule has 12 nitrogen and oxygen atoms in total. The maximum atomic E-state index is 11.5.